The van der Waals surface area contributed by atoms with E-state index in [1.165, 1.54) is 12.1 Å². The van der Waals surface area contributed by atoms with Gasteiger partial charge in [0, 0.05) is 19.1 Å². The van der Waals surface area contributed by atoms with Crippen LogP contribution < -0.4 is 0 Å². The Morgan fingerprint density at radius 3 is 2.55 bits per heavy atom. The van der Waals surface area contributed by atoms with Crippen LogP contribution in [0.5, 0.6) is 0 Å². The van der Waals surface area contributed by atoms with E-state index in [9.17, 15) is 18.3 Å². The summed E-state index contributed by atoms with van der Waals surface area (Å²) in [6.07, 6.45) is -3.37. The molecule has 0 aliphatic heterocycles. The molecule has 2 rings (SSSR count). The summed E-state index contributed by atoms with van der Waals surface area (Å²) in [5.41, 5.74) is -0.502. The van der Waals surface area contributed by atoms with Gasteiger partial charge in [-0.25, -0.2) is 0 Å². The van der Waals surface area contributed by atoms with Gasteiger partial charge in [0.2, 0.25) is 0 Å². The highest BCUT2D eigenvalue weighted by Gasteiger charge is 2.32. The third-order valence-corrected chi connectivity index (χ3v) is 3.46. The number of benzene rings is 1. The lowest BCUT2D eigenvalue weighted by molar-refractivity contribution is -0.137. The summed E-state index contributed by atoms with van der Waals surface area (Å²) in [6, 6.07) is 5.10. The average molecular weight is 289 g/mol. The Labute approximate surface area is 115 Å². The first-order chi connectivity index (χ1) is 9.41. The predicted octanol–water partition coefficient (Wildman–Crippen LogP) is 2.20. The molecular formula is C14H18F3NO2. The van der Waals surface area contributed by atoms with Gasteiger partial charge in [-0.3, -0.25) is 4.90 Å². The monoisotopic (exact) mass is 289 g/mol. The van der Waals surface area contributed by atoms with Crippen LogP contribution in [-0.2, 0) is 6.18 Å². The van der Waals surface area contributed by atoms with Crippen LogP contribution in [0.1, 0.15) is 30.1 Å². The average Bonchev–Trinajstić information content (AvgIpc) is 3.21. The van der Waals surface area contributed by atoms with Crippen molar-refractivity contribution in [3.63, 3.8) is 0 Å². The van der Waals surface area contributed by atoms with Gasteiger partial charge < -0.3 is 10.2 Å². The van der Waals surface area contributed by atoms with E-state index in [-0.39, 0.29) is 18.7 Å². The smallest absolute Gasteiger partial charge is 0.395 e. The molecule has 0 saturated heterocycles. The molecule has 1 aromatic carbocycles. The maximum Gasteiger partial charge on any atom is 0.416 e. The minimum atomic E-state index is -4.41. The van der Waals surface area contributed by atoms with Crippen molar-refractivity contribution in [2.45, 2.75) is 31.2 Å². The Kier molecular flexibility index (Phi) is 4.67. The zero-order valence-electron chi connectivity index (χ0n) is 11.0. The van der Waals surface area contributed by atoms with Gasteiger partial charge in [-0.05, 0) is 30.5 Å². The highest BCUT2D eigenvalue weighted by Crippen LogP contribution is 2.32. The standard InChI is InChI=1S/C14H18F3NO2/c15-14(16,17)11-3-1-2-10(8-11)13(20)9-18(6-7-19)12-4-5-12/h1-3,8,12-13,19-20H,4-7,9H2/t13-/m1/s1. The van der Waals surface area contributed by atoms with E-state index in [1.807, 2.05) is 4.90 Å². The number of halogens is 3. The van der Waals surface area contributed by atoms with Gasteiger partial charge in [0.1, 0.15) is 0 Å². The van der Waals surface area contributed by atoms with Crippen LogP contribution in [0.25, 0.3) is 0 Å². The van der Waals surface area contributed by atoms with Crippen LogP contribution in [0.3, 0.4) is 0 Å². The number of aliphatic hydroxyl groups is 2. The van der Waals surface area contributed by atoms with Crippen LogP contribution in [0, 0.1) is 0 Å². The largest absolute Gasteiger partial charge is 0.416 e. The van der Waals surface area contributed by atoms with Crippen molar-refractivity contribution in [1.29, 1.82) is 0 Å². The summed E-state index contributed by atoms with van der Waals surface area (Å²) in [5.74, 6) is 0. The highest BCUT2D eigenvalue weighted by molar-refractivity contribution is 5.27. The molecule has 1 aliphatic rings. The fourth-order valence-electron chi connectivity index (χ4n) is 2.24. The molecule has 0 aromatic heterocycles. The molecule has 1 fully saturated rings. The molecule has 0 radical (unpaired) electrons. The maximum atomic E-state index is 12.6. The summed E-state index contributed by atoms with van der Waals surface area (Å²) in [5, 5.41) is 19.1. The van der Waals surface area contributed by atoms with Crippen LogP contribution in [0.2, 0.25) is 0 Å². The zero-order valence-corrected chi connectivity index (χ0v) is 11.0. The summed E-state index contributed by atoms with van der Waals surface area (Å²) in [4.78, 5) is 1.92. The maximum absolute atomic E-state index is 12.6. The van der Waals surface area contributed by atoms with Crippen molar-refractivity contribution in [2.24, 2.45) is 0 Å². The first-order valence-corrected chi connectivity index (χ1v) is 6.62. The molecule has 1 aromatic rings. The number of aliphatic hydroxyl groups excluding tert-OH is 2. The second-order valence-corrected chi connectivity index (χ2v) is 5.09. The highest BCUT2D eigenvalue weighted by atomic mass is 19.4. The first-order valence-electron chi connectivity index (χ1n) is 6.62. The molecule has 0 unspecified atom stereocenters. The molecule has 6 heteroatoms. The SMILES string of the molecule is OCCN(C[C@@H](O)c1cccc(C(F)(F)F)c1)C1CC1. The number of rotatable bonds is 6. The van der Waals surface area contributed by atoms with Gasteiger partial charge in [-0.1, -0.05) is 12.1 Å². The number of alkyl halides is 3. The van der Waals surface area contributed by atoms with Crippen molar-refractivity contribution in [3.05, 3.63) is 35.4 Å². The van der Waals surface area contributed by atoms with E-state index in [4.69, 9.17) is 5.11 Å². The molecule has 0 spiro atoms. The van der Waals surface area contributed by atoms with Crippen molar-refractivity contribution in [1.82, 2.24) is 4.90 Å². The van der Waals surface area contributed by atoms with E-state index in [0.717, 1.165) is 25.0 Å². The summed E-state index contributed by atoms with van der Waals surface area (Å²) < 4.78 is 37.9. The van der Waals surface area contributed by atoms with Crippen molar-refractivity contribution in [3.8, 4) is 0 Å². The molecule has 1 saturated carbocycles. The van der Waals surface area contributed by atoms with Gasteiger partial charge in [0.05, 0.1) is 18.3 Å². The Morgan fingerprint density at radius 1 is 1.30 bits per heavy atom. The van der Waals surface area contributed by atoms with E-state index in [2.05, 4.69) is 0 Å². The van der Waals surface area contributed by atoms with Crippen LogP contribution in [0.15, 0.2) is 24.3 Å². The van der Waals surface area contributed by atoms with Crippen LogP contribution in [-0.4, -0.2) is 40.9 Å². The molecule has 2 N–H and O–H groups in total. The molecule has 112 valence electrons. The number of nitrogens with zero attached hydrogens (tertiary/aromatic N) is 1. The molecule has 3 nitrogen and oxygen atoms in total. The lowest BCUT2D eigenvalue weighted by Gasteiger charge is -2.24. The summed E-state index contributed by atoms with van der Waals surface area (Å²) in [6.45, 7) is 0.652. The van der Waals surface area contributed by atoms with Gasteiger partial charge in [-0.15, -0.1) is 0 Å². The number of hydrogen-bond donors (Lipinski definition) is 2. The summed E-state index contributed by atoms with van der Waals surface area (Å²) >= 11 is 0. The van der Waals surface area contributed by atoms with E-state index in [0.29, 0.717) is 12.6 Å². The predicted molar refractivity (Wildman–Crippen MR) is 68.1 cm³/mol. The molecule has 0 heterocycles. The zero-order chi connectivity index (χ0) is 14.8. The third kappa shape index (κ3) is 3.94. The van der Waals surface area contributed by atoms with Gasteiger partial charge in [-0.2, -0.15) is 13.2 Å². The quantitative estimate of drug-likeness (QED) is 0.844. The van der Waals surface area contributed by atoms with E-state index in [1.54, 1.807) is 0 Å². The lowest BCUT2D eigenvalue weighted by Crippen LogP contribution is -2.33. The lowest BCUT2D eigenvalue weighted by atomic mass is 10.1. The van der Waals surface area contributed by atoms with Crippen LogP contribution in [0.4, 0.5) is 13.2 Å². The fraction of sp³-hybridized carbons (Fsp3) is 0.571. The summed E-state index contributed by atoms with van der Waals surface area (Å²) in [7, 11) is 0. The van der Waals surface area contributed by atoms with Gasteiger partial charge in [0.15, 0.2) is 0 Å². The van der Waals surface area contributed by atoms with Crippen molar-refractivity contribution >= 4 is 0 Å². The second-order valence-electron chi connectivity index (χ2n) is 5.09. The molecule has 1 aliphatic carbocycles. The molecule has 1 atom stereocenters. The fourth-order valence-corrected chi connectivity index (χ4v) is 2.24. The molecule has 0 bridgehead atoms. The normalized spacial score (nSPS) is 17.5. The number of hydrogen-bond acceptors (Lipinski definition) is 3. The van der Waals surface area contributed by atoms with E-state index >= 15 is 0 Å². The van der Waals surface area contributed by atoms with Crippen LogP contribution >= 0.6 is 0 Å². The molecular weight excluding hydrogens is 271 g/mol. The van der Waals surface area contributed by atoms with Gasteiger partial charge in [0.25, 0.3) is 0 Å². The van der Waals surface area contributed by atoms with E-state index < -0.39 is 17.8 Å². The van der Waals surface area contributed by atoms with Gasteiger partial charge >= 0.3 is 6.18 Å². The molecule has 0 amide bonds. The third-order valence-electron chi connectivity index (χ3n) is 3.46. The minimum Gasteiger partial charge on any atom is -0.395 e. The topological polar surface area (TPSA) is 43.7 Å². The Bertz CT molecular complexity index is 446. The van der Waals surface area contributed by atoms with Crippen molar-refractivity contribution in [2.75, 3.05) is 19.7 Å². The molecule has 20 heavy (non-hydrogen) atoms. The van der Waals surface area contributed by atoms with Crippen molar-refractivity contribution < 1.29 is 23.4 Å². The first kappa shape index (κ1) is 15.3. The Balaban J connectivity index is 2.06. The Hall–Kier alpha value is -1.11. The Morgan fingerprint density at radius 2 is 2.00 bits per heavy atom. The second kappa shape index (κ2) is 6.11. The minimum absolute atomic E-state index is 0.0220.